The Morgan fingerprint density at radius 1 is 1.08 bits per heavy atom. The Kier molecular flexibility index (Phi) is 11.2. The fourth-order valence-electron chi connectivity index (χ4n) is 5.80. The van der Waals surface area contributed by atoms with Crippen molar-refractivity contribution in [3.05, 3.63) is 35.9 Å². The second-order valence-corrected chi connectivity index (χ2v) is 10.5. The van der Waals surface area contributed by atoms with Crippen molar-refractivity contribution in [1.29, 1.82) is 0 Å². The number of carbonyl (C=O) groups excluding carboxylic acids is 2. The number of fused-ring (bicyclic) bond motifs is 1. The minimum Gasteiger partial charge on any atom is -0.480 e. The van der Waals surface area contributed by atoms with Crippen molar-refractivity contribution >= 4 is 17.8 Å². The Hall–Kier alpha value is -2.41. The Morgan fingerprint density at radius 2 is 1.81 bits per heavy atom. The summed E-state index contributed by atoms with van der Waals surface area (Å²) in [6, 6.07) is 7.86. The van der Waals surface area contributed by atoms with Gasteiger partial charge in [0.1, 0.15) is 12.1 Å². The number of nitrogens with one attached hydrogen (secondary N) is 1. The average Bonchev–Trinajstić information content (AvgIpc) is 3.47. The van der Waals surface area contributed by atoms with Crippen LogP contribution in [0.5, 0.6) is 0 Å². The van der Waals surface area contributed by atoms with Crippen LogP contribution in [-0.2, 0) is 25.5 Å². The van der Waals surface area contributed by atoms with Gasteiger partial charge < -0.3 is 14.7 Å². The molecule has 200 valence electrons. The minimum atomic E-state index is -0.941. The summed E-state index contributed by atoms with van der Waals surface area (Å²) in [5, 5.41) is 13.0. The monoisotopic (exact) mass is 500 g/mol. The maximum absolute atomic E-state index is 13.5. The van der Waals surface area contributed by atoms with E-state index in [-0.39, 0.29) is 23.8 Å². The third-order valence-electron chi connectivity index (χ3n) is 7.79. The van der Waals surface area contributed by atoms with Gasteiger partial charge in [-0.25, -0.2) is 4.79 Å². The first-order chi connectivity index (χ1) is 17.4. The Labute approximate surface area is 216 Å². The van der Waals surface area contributed by atoms with Gasteiger partial charge in [0.15, 0.2) is 0 Å². The van der Waals surface area contributed by atoms with Crippen molar-refractivity contribution < 1.29 is 24.2 Å². The predicted molar refractivity (Wildman–Crippen MR) is 139 cm³/mol. The first-order valence-electron chi connectivity index (χ1n) is 13.9. The van der Waals surface area contributed by atoms with Crippen LogP contribution in [0, 0.1) is 5.92 Å². The molecule has 1 aromatic carbocycles. The molecule has 2 fully saturated rings. The number of esters is 1. The molecule has 1 heterocycles. The molecule has 2 N–H and O–H groups in total. The molecule has 7 nitrogen and oxygen atoms in total. The van der Waals surface area contributed by atoms with Gasteiger partial charge in [0.25, 0.3) is 0 Å². The SMILES string of the molecule is CCCCCCCCOC(=O)[C@H](CCc1ccccc1)N[C@@H](C)C(=O)N1[C@H](C(=O)O)C[C@@H]2CCC[C@@H]21. The number of likely N-dealkylation sites (tertiary alicyclic amines) is 1. The molecule has 5 atom stereocenters. The molecule has 36 heavy (non-hydrogen) atoms. The molecule has 0 bridgehead atoms. The number of hydrogen-bond acceptors (Lipinski definition) is 5. The maximum Gasteiger partial charge on any atom is 0.326 e. The maximum atomic E-state index is 13.5. The van der Waals surface area contributed by atoms with Crippen LogP contribution in [-0.4, -0.2) is 58.6 Å². The molecule has 0 radical (unpaired) electrons. The first kappa shape index (κ1) is 28.2. The molecule has 3 rings (SSSR count). The molecule has 1 aliphatic heterocycles. The van der Waals surface area contributed by atoms with E-state index in [1.165, 1.54) is 19.3 Å². The highest BCUT2D eigenvalue weighted by atomic mass is 16.5. The molecule has 7 heteroatoms. The van der Waals surface area contributed by atoms with Crippen LogP contribution >= 0.6 is 0 Å². The number of carboxylic acid groups (broad SMARTS) is 1. The van der Waals surface area contributed by atoms with E-state index in [1.54, 1.807) is 11.8 Å². The van der Waals surface area contributed by atoms with Crippen LogP contribution in [0.1, 0.15) is 90.0 Å². The summed E-state index contributed by atoms with van der Waals surface area (Å²) >= 11 is 0. The fourth-order valence-corrected chi connectivity index (χ4v) is 5.80. The lowest BCUT2D eigenvalue weighted by atomic mass is 10.0. The normalized spacial score (nSPS) is 22.7. The number of aliphatic carboxylic acids is 1. The van der Waals surface area contributed by atoms with Crippen molar-refractivity contribution in [3.63, 3.8) is 0 Å². The summed E-state index contributed by atoms with van der Waals surface area (Å²) in [5.74, 6) is -1.25. The molecule has 0 unspecified atom stereocenters. The van der Waals surface area contributed by atoms with Crippen LogP contribution in [0.3, 0.4) is 0 Å². The number of rotatable bonds is 15. The number of carbonyl (C=O) groups is 3. The van der Waals surface area contributed by atoms with Gasteiger partial charge in [0, 0.05) is 6.04 Å². The second-order valence-electron chi connectivity index (χ2n) is 10.5. The molecule has 0 spiro atoms. The summed E-state index contributed by atoms with van der Waals surface area (Å²) in [4.78, 5) is 40.0. The Balaban J connectivity index is 1.60. The van der Waals surface area contributed by atoms with Crippen molar-refractivity contribution in [2.75, 3.05) is 6.61 Å². The van der Waals surface area contributed by atoms with Crippen LogP contribution in [0.4, 0.5) is 0 Å². The highest BCUT2D eigenvalue weighted by Gasteiger charge is 2.49. The van der Waals surface area contributed by atoms with Gasteiger partial charge in [0.05, 0.1) is 12.6 Å². The predicted octanol–water partition coefficient (Wildman–Crippen LogP) is 4.72. The van der Waals surface area contributed by atoms with E-state index in [0.717, 1.165) is 44.1 Å². The third-order valence-corrected chi connectivity index (χ3v) is 7.79. The lowest BCUT2D eigenvalue weighted by Gasteiger charge is -2.32. The molecule has 1 aliphatic carbocycles. The smallest absolute Gasteiger partial charge is 0.326 e. The van der Waals surface area contributed by atoms with E-state index < -0.39 is 24.1 Å². The summed E-state index contributed by atoms with van der Waals surface area (Å²) in [6.45, 7) is 4.31. The van der Waals surface area contributed by atoms with Crippen LogP contribution in [0.15, 0.2) is 30.3 Å². The first-order valence-corrected chi connectivity index (χ1v) is 13.9. The van der Waals surface area contributed by atoms with E-state index in [2.05, 4.69) is 12.2 Å². The van der Waals surface area contributed by atoms with Crippen molar-refractivity contribution in [1.82, 2.24) is 10.2 Å². The van der Waals surface area contributed by atoms with Gasteiger partial charge in [-0.15, -0.1) is 0 Å². The number of benzene rings is 1. The van der Waals surface area contributed by atoms with Crippen LogP contribution in [0.2, 0.25) is 0 Å². The summed E-state index contributed by atoms with van der Waals surface area (Å²) < 4.78 is 5.61. The van der Waals surface area contributed by atoms with E-state index in [4.69, 9.17) is 4.74 Å². The van der Waals surface area contributed by atoms with Crippen molar-refractivity contribution in [3.8, 4) is 0 Å². The summed E-state index contributed by atoms with van der Waals surface area (Å²) in [7, 11) is 0. The van der Waals surface area contributed by atoms with Crippen LogP contribution < -0.4 is 5.32 Å². The molecule has 1 saturated carbocycles. The number of carboxylic acids is 1. The number of ether oxygens (including phenoxy) is 1. The van der Waals surface area contributed by atoms with Gasteiger partial charge >= 0.3 is 11.9 Å². The lowest BCUT2D eigenvalue weighted by Crippen LogP contribution is -2.55. The number of aryl methyl sites for hydroxylation is 1. The van der Waals surface area contributed by atoms with E-state index >= 15 is 0 Å². The zero-order valence-corrected chi connectivity index (χ0v) is 22.0. The highest BCUT2D eigenvalue weighted by molar-refractivity contribution is 5.88. The molecular formula is C29H44N2O5. The fraction of sp³-hybridized carbons (Fsp3) is 0.690. The quantitative estimate of drug-likeness (QED) is 0.267. The van der Waals surface area contributed by atoms with Gasteiger partial charge in [-0.05, 0) is 56.9 Å². The van der Waals surface area contributed by atoms with Gasteiger partial charge in [-0.2, -0.15) is 0 Å². The molecule has 1 amide bonds. The molecular weight excluding hydrogens is 456 g/mol. The van der Waals surface area contributed by atoms with Gasteiger partial charge in [-0.3, -0.25) is 14.9 Å². The Morgan fingerprint density at radius 3 is 2.53 bits per heavy atom. The summed E-state index contributed by atoms with van der Waals surface area (Å²) in [6.07, 6.45) is 11.2. The third kappa shape index (κ3) is 7.79. The largest absolute Gasteiger partial charge is 0.480 e. The standard InChI is InChI=1S/C29H44N2O5/c1-3-4-5-6-7-11-19-36-29(35)24(18-17-22-13-9-8-10-14-22)30-21(2)27(32)31-25-16-12-15-23(25)20-26(31)28(33)34/h8-10,13-14,21,23-26,30H,3-7,11-12,15-20H2,1-2H3,(H,33,34)/t21-,23-,24-,25-,26-/m0/s1. The summed E-state index contributed by atoms with van der Waals surface area (Å²) in [5.41, 5.74) is 1.12. The van der Waals surface area contributed by atoms with E-state index in [9.17, 15) is 19.5 Å². The van der Waals surface area contributed by atoms with Crippen molar-refractivity contribution in [2.24, 2.45) is 5.92 Å². The minimum absolute atomic E-state index is 0.00900. The van der Waals surface area contributed by atoms with Crippen LogP contribution in [0.25, 0.3) is 0 Å². The molecule has 1 saturated heterocycles. The van der Waals surface area contributed by atoms with Crippen molar-refractivity contribution in [2.45, 2.75) is 115 Å². The van der Waals surface area contributed by atoms with Gasteiger partial charge in [0.2, 0.25) is 5.91 Å². The topological polar surface area (TPSA) is 95.9 Å². The number of unbranched alkanes of at least 4 members (excludes halogenated alkanes) is 5. The van der Waals surface area contributed by atoms with E-state index in [1.807, 2.05) is 30.3 Å². The Bertz CT molecular complexity index is 845. The number of amides is 1. The zero-order chi connectivity index (χ0) is 25.9. The van der Waals surface area contributed by atoms with E-state index in [0.29, 0.717) is 25.9 Å². The number of nitrogens with zero attached hydrogens (tertiary/aromatic N) is 1. The molecule has 0 aromatic heterocycles. The van der Waals surface area contributed by atoms with Gasteiger partial charge in [-0.1, -0.05) is 75.8 Å². The molecule has 1 aromatic rings. The lowest BCUT2D eigenvalue weighted by molar-refractivity contribution is -0.151. The average molecular weight is 501 g/mol. The molecule has 2 aliphatic rings. The number of hydrogen-bond donors (Lipinski definition) is 2. The zero-order valence-electron chi connectivity index (χ0n) is 22.0. The second kappa shape index (κ2) is 14.4. The highest BCUT2D eigenvalue weighted by Crippen LogP contribution is 2.41.